The zero-order valence-corrected chi connectivity index (χ0v) is 16.4. The molecule has 1 unspecified atom stereocenters. The average molecular weight is 401 g/mol. The van der Waals surface area contributed by atoms with Crippen molar-refractivity contribution in [1.29, 1.82) is 0 Å². The van der Waals surface area contributed by atoms with Crippen LogP contribution in [0, 0.1) is 5.92 Å². The molecular formula is C17H25NO6P2. The minimum atomic E-state index is -4.97. The van der Waals surface area contributed by atoms with Crippen LogP contribution in [0.2, 0.25) is 0 Å². The number of benzene rings is 1. The Balaban J connectivity index is 2.09. The second kappa shape index (κ2) is 7.23. The van der Waals surface area contributed by atoms with E-state index in [0.29, 0.717) is 11.5 Å². The van der Waals surface area contributed by atoms with E-state index in [-0.39, 0.29) is 12.3 Å². The van der Waals surface area contributed by atoms with Crippen molar-refractivity contribution in [3.8, 4) is 0 Å². The molecule has 0 amide bonds. The Bertz CT molecular complexity index is 855. The summed E-state index contributed by atoms with van der Waals surface area (Å²) in [6.45, 7) is 2.08. The monoisotopic (exact) mass is 401 g/mol. The summed E-state index contributed by atoms with van der Waals surface area (Å²) < 4.78 is 23.5. The van der Waals surface area contributed by atoms with Gasteiger partial charge in [-0.05, 0) is 36.3 Å². The van der Waals surface area contributed by atoms with E-state index in [2.05, 4.69) is 11.9 Å². The maximum Gasteiger partial charge on any atom is 0.341 e. The van der Waals surface area contributed by atoms with Gasteiger partial charge in [0.15, 0.2) is 5.40 Å². The highest BCUT2D eigenvalue weighted by Gasteiger charge is 2.44. The fourth-order valence-electron chi connectivity index (χ4n) is 4.14. The van der Waals surface area contributed by atoms with Crippen LogP contribution in [0.5, 0.6) is 0 Å². The average Bonchev–Trinajstić information content (AvgIpc) is 3.17. The van der Waals surface area contributed by atoms with Crippen LogP contribution in [-0.2, 0) is 15.6 Å². The Morgan fingerprint density at radius 3 is 2.23 bits per heavy atom. The van der Waals surface area contributed by atoms with Crippen LogP contribution in [0.15, 0.2) is 24.3 Å². The second-order valence-corrected chi connectivity index (χ2v) is 11.3. The first-order chi connectivity index (χ1) is 12.1. The normalized spacial score (nSPS) is 18.1. The van der Waals surface area contributed by atoms with E-state index in [4.69, 9.17) is 0 Å². The van der Waals surface area contributed by atoms with Gasteiger partial charge >= 0.3 is 15.2 Å². The quantitative estimate of drug-likeness (QED) is 0.469. The van der Waals surface area contributed by atoms with Crippen molar-refractivity contribution in [2.75, 3.05) is 0 Å². The molecule has 3 rings (SSSR count). The van der Waals surface area contributed by atoms with Crippen molar-refractivity contribution in [1.82, 2.24) is 4.98 Å². The third-order valence-electron chi connectivity index (χ3n) is 5.57. The molecular weight excluding hydrogens is 376 g/mol. The maximum absolute atomic E-state index is 11.8. The van der Waals surface area contributed by atoms with Crippen molar-refractivity contribution in [2.24, 2.45) is 5.92 Å². The van der Waals surface area contributed by atoms with E-state index in [9.17, 15) is 28.7 Å². The van der Waals surface area contributed by atoms with Gasteiger partial charge in [-0.1, -0.05) is 38.0 Å². The number of H-pyrrole nitrogens is 1. The molecule has 0 saturated heterocycles. The summed E-state index contributed by atoms with van der Waals surface area (Å²) in [7, 11) is -9.94. The predicted octanol–water partition coefficient (Wildman–Crippen LogP) is 3.69. The Labute approximate surface area is 152 Å². The SMILES string of the molecule is CC(c1[nH]c2ccccc2c1CC(P(=O)(O)O)P(=O)(O)O)C1CCCC1. The van der Waals surface area contributed by atoms with Gasteiger partial charge in [-0.2, -0.15) is 0 Å². The number of aromatic nitrogens is 1. The smallest absolute Gasteiger partial charge is 0.341 e. The van der Waals surface area contributed by atoms with Crippen LogP contribution >= 0.6 is 15.2 Å². The molecule has 0 spiro atoms. The molecule has 7 nitrogen and oxygen atoms in total. The fourth-order valence-corrected chi connectivity index (χ4v) is 6.55. The predicted molar refractivity (Wildman–Crippen MR) is 100 cm³/mol. The summed E-state index contributed by atoms with van der Waals surface area (Å²) in [5, 5.41) is -1.26. The Morgan fingerprint density at radius 2 is 1.65 bits per heavy atom. The number of hydrogen-bond donors (Lipinski definition) is 5. The lowest BCUT2D eigenvalue weighted by Gasteiger charge is -2.23. The molecule has 1 fully saturated rings. The first-order valence-corrected chi connectivity index (χ1v) is 12.1. The Hall–Kier alpha value is -0.940. The number of aromatic amines is 1. The summed E-state index contributed by atoms with van der Waals surface area (Å²) in [5.74, 6) is 0.597. The molecule has 144 valence electrons. The molecule has 1 saturated carbocycles. The lowest BCUT2D eigenvalue weighted by Crippen LogP contribution is -2.15. The number of fused-ring (bicyclic) bond motifs is 1. The fraction of sp³-hybridized carbons (Fsp3) is 0.529. The van der Waals surface area contributed by atoms with Gasteiger partial charge in [0, 0.05) is 23.0 Å². The largest absolute Gasteiger partial charge is 0.358 e. The summed E-state index contributed by atoms with van der Waals surface area (Å²) in [4.78, 5) is 41.5. The highest BCUT2D eigenvalue weighted by Crippen LogP contribution is 2.61. The minimum absolute atomic E-state index is 0.133. The van der Waals surface area contributed by atoms with Gasteiger partial charge in [0.2, 0.25) is 0 Å². The topological polar surface area (TPSA) is 131 Å². The van der Waals surface area contributed by atoms with Gasteiger partial charge in [-0.15, -0.1) is 0 Å². The van der Waals surface area contributed by atoms with E-state index in [1.165, 1.54) is 0 Å². The van der Waals surface area contributed by atoms with Gasteiger partial charge in [0.05, 0.1) is 0 Å². The minimum Gasteiger partial charge on any atom is -0.358 e. The lowest BCUT2D eigenvalue weighted by molar-refractivity contribution is 0.338. The summed E-state index contributed by atoms with van der Waals surface area (Å²) in [5.41, 5.74) is 2.26. The van der Waals surface area contributed by atoms with E-state index < -0.39 is 20.6 Å². The molecule has 1 aliphatic carbocycles. The van der Waals surface area contributed by atoms with Gasteiger partial charge in [-0.3, -0.25) is 9.13 Å². The molecule has 1 atom stereocenters. The summed E-state index contributed by atoms with van der Waals surface area (Å²) in [6, 6.07) is 7.36. The summed E-state index contributed by atoms with van der Waals surface area (Å²) >= 11 is 0. The highest BCUT2D eigenvalue weighted by atomic mass is 31.2. The summed E-state index contributed by atoms with van der Waals surface area (Å²) in [6.07, 6.45) is 4.16. The van der Waals surface area contributed by atoms with Crippen molar-refractivity contribution in [3.63, 3.8) is 0 Å². The molecule has 0 radical (unpaired) electrons. The molecule has 1 aromatic carbocycles. The molecule has 0 aliphatic heterocycles. The van der Waals surface area contributed by atoms with Crippen molar-refractivity contribution < 1.29 is 28.7 Å². The van der Waals surface area contributed by atoms with Crippen LogP contribution in [0.1, 0.15) is 49.8 Å². The van der Waals surface area contributed by atoms with Crippen LogP contribution in [0.4, 0.5) is 0 Å². The van der Waals surface area contributed by atoms with E-state index >= 15 is 0 Å². The molecule has 9 heteroatoms. The van der Waals surface area contributed by atoms with Crippen LogP contribution in [0.3, 0.4) is 0 Å². The Morgan fingerprint density at radius 1 is 1.08 bits per heavy atom. The molecule has 1 heterocycles. The maximum atomic E-state index is 11.8. The van der Waals surface area contributed by atoms with Crippen LogP contribution in [-0.4, -0.2) is 30.0 Å². The highest BCUT2D eigenvalue weighted by molar-refractivity contribution is 7.70. The van der Waals surface area contributed by atoms with Gasteiger partial charge in [0.1, 0.15) is 0 Å². The van der Waals surface area contributed by atoms with Crippen molar-refractivity contribution in [3.05, 3.63) is 35.5 Å². The van der Waals surface area contributed by atoms with Gasteiger partial charge in [-0.25, -0.2) is 0 Å². The molecule has 1 aliphatic rings. The number of hydrogen-bond acceptors (Lipinski definition) is 2. The standard InChI is InChI=1S/C17H25NO6P2/c1-11(12-6-2-3-7-12)17-14(13-8-4-5-9-15(13)18-17)10-16(25(19,20)21)26(22,23)24/h4-5,8-9,11-12,16,18H,2-3,6-7,10H2,1H3,(H2,19,20,21)(H2,22,23,24). The molecule has 5 N–H and O–H groups in total. The van der Waals surface area contributed by atoms with Crippen LogP contribution in [0.25, 0.3) is 10.9 Å². The zero-order chi connectivity index (χ0) is 19.1. The first-order valence-electron chi connectivity index (χ1n) is 8.79. The second-order valence-electron chi connectivity index (χ2n) is 7.26. The molecule has 26 heavy (non-hydrogen) atoms. The van der Waals surface area contributed by atoms with Gasteiger partial charge in [0.25, 0.3) is 0 Å². The molecule has 0 bridgehead atoms. The molecule has 1 aromatic heterocycles. The number of rotatable bonds is 6. The van der Waals surface area contributed by atoms with Crippen LogP contribution < -0.4 is 0 Å². The third-order valence-corrected chi connectivity index (χ3v) is 9.30. The van der Waals surface area contributed by atoms with Gasteiger partial charge < -0.3 is 24.6 Å². The number of para-hydroxylation sites is 1. The lowest BCUT2D eigenvalue weighted by atomic mass is 9.87. The zero-order valence-electron chi connectivity index (χ0n) is 14.6. The van der Waals surface area contributed by atoms with E-state index in [0.717, 1.165) is 42.3 Å². The third kappa shape index (κ3) is 3.99. The van der Waals surface area contributed by atoms with Crippen molar-refractivity contribution in [2.45, 2.75) is 50.3 Å². The van der Waals surface area contributed by atoms with E-state index in [1.54, 1.807) is 0 Å². The Kier molecular flexibility index (Phi) is 5.51. The molecule has 2 aromatic rings. The first kappa shape index (κ1) is 19.8. The van der Waals surface area contributed by atoms with Crippen molar-refractivity contribution >= 4 is 26.1 Å². The number of nitrogens with one attached hydrogen (secondary N) is 1. The van der Waals surface area contributed by atoms with E-state index in [1.807, 2.05) is 24.3 Å².